The van der Waals surface area contributed by atoms with E-state index in [1.54, 1.807) is 0 Å². The van der Waals surface area contributed by atoms with E-state index in [1.807, 2.05) is 0 Å². The van der Waals surface area contributed by atoms with Gasteiger partial charge in [0, 0.05) is 16.4 Å². The Morgan fingerprint density at radius 1 is 1.50 bits per heavy atom. The van der Waals surface area contributed by atoms with E-state index >= 15 is 0 Å². The van der Waals surface area contributed by atoms with Crippen molar-refractivity contribution in [2.75, 3.05) is 5.88 Å². The molecule has 5 heteroatoms. The zero-order valence-corrected chi connectivity index (χ0v) is 12.7. The molecule has 2 nitrogen and oxygen atoms in total. The molecule has 0 aliphatic rings. The Morgan fingerprint density at radius 3 is 2.72 bits per heavy atom. The number of halogens is 3. The minimum Gasteiger partial charge on any atom is -0.348 e. The topological polar surface area (TPSA) is 29.1 Å². The van der Waals surface area contributed by atoms with E-state index in [0.29, 0.717) is 16.3 Å². The number of alkyl halides is 1. The second-order valence-corrected chi connectivity index (χ2v) is 5.74. The molecule has 1 atom stereocenters. The Balaban J connectivity index is 2.77. The molecule has 1 aromatic carbocycles. The van der Waals surface area contributed by atoms with Gasteiger partial charge in [-0.15, -0.1) is 11.6 Å². The van der Waals surface area contributed by atoms with Gasteiger partial charge in [0.25, 0.3) is 5.91 Å². The number of rotatable bonds is 5. The van der Waals surface area contributed by atoms with Crippen LogP contribution in [-0.4, -0.2) is 17.8 Å². The third kappa shape index (κ3) is 4.58. The third-order valence-electron chi connectivity index (χ3n) is 2.45. The van der Waals surface area contributed by atoms with Gasteiger partial charge in [-0.05, 0) is 46.5 Å². The summed E-state index contributed by atoms with van der Waals surface area (Å²) in [4.78, 5) is 12.0. The minimum atomic E-state index is -0.436. The number of amides is 1. The lowest BCUT2D eigenvalue weighted by Gasteiger charge is -2.18. The van der Waals surface area contributed by atoms with E-state index < -0.39 is 5.82 Å². The van der Waals surface area contributed by atoms with Gasteiger partial charge in [-0.2, -0.15) is 0 Å². The van der Waals surface area contributed by atoms with Crippen molar-refractivity contribution < 1.29 is 9.18 Å². The molecule has 0 spiro atoms. The summed E-state index contributed by atoms with van der Waals surface area (Å²) >= 11 is 9.05. The van der Waals surface area contributed by atoms with Crippen LogP contribution in [0.1, 0.15) is 30.6 Å². The van der Waals surface area contributed by atoms with Crippen molar-refractivity contribution in [1.82, 2.24) is 5.32 Å². The van der Waals surface area contributed by atoms with Crippen LogP contribution in [0.15, 0.2) is 22.7 Å². The van der Waals surface area contributed by atoms with Crippen LogP contribution in [0.4, 0.5) is 4.39 Å². The maximum Gasteiger partial charge on any atom is 0.252 e. The van der Waals surface area contributed by atoms with Gasteiger partial charge in [0.15, 0.2) is 0 Å². The first kappa shape index (κ1) is 15.4. The molecule has 0 heterocycles. The van der Waals surface area contributed by atoms with Gasteiger partial charge in [0.2, 0.25) is 0 Å². The summed E-state index contributed by atoms with van der Waals surface area (Å²) in [5.41, 5.74) is 0.286. The molecule has 1 aromatic rings. The molecule has 0 radical (unpaired) electrons. The summed E-state index contributed by atoms with van der Waals surface area (Å²) in [6.45, 7) is 4.12. The molecule has 18 heavy (non-hydrogen) atoms. The number of hydrogen-bond donors (Lipinski definition) is 1. The molecule has 0 bridgehead atoms. The number of carbonyl (C=O) groups excluding carboxylic acids is 1. The average Bonchev–Trinajstić information content (AvgIpc) is 2.30. The van der Waals surface area contributed by atoms with Gasteiger partial charge in [-0.3, -0.25) is 4.79 Å². The van der Waals surface area contributed by atoms with Crippen LogP contribution < -0.4 is 5.32 Å². The SMILES string of the molecule is CC(C)CC(CCl)NC(=O)c1cc(F)ccc1Br. The highest BCUT2D eigenvalue weighted by atomic mass is 79.9. The molecule has 0 aromatic heterocycles. The highest BCUT2D eigenvalue weighted by Gasteiger charge is 2.16. The minimum absolute atomic E-state index is 0.102. The molecule has 100 valence electrons. The summed E-state index contributed by atoms with van der Waals surface area (Å²) in [6, 6.07) is 3.92. The second kappa shape index (κ2) is 7.10. The first-order valence-electron chi connectivity index (χ1n) is 5.76. The van der Waals surface area contributed by atoms with Crippen molar-refractivity contribution >= 4 is 33.4 Å². The maximum absolute atomic E-state index is 13.1. The summed E-state index contributed by atoms with van der Waals surface area (Å²) in [7, 11) is 0. The first-order chi connectivity index (χ1) is 8.43. The molecule has 0 saturated carbocycles. The summed E-state index contributed by atoms with van der Waals surface area (Å²) in [6.07, 6.45) is 0.794. The summed E-state index contributed by atoms with van der Waals surface area (Å²) < 4.78 is 13.7. The van der Waals surface area contributed by atoms with Gasteiger partial charge >= 0.3 is 0 Å². The smallest absolute Gasteiger partial charge is 0.252 e. The zero-order chi connectivity index (χ0) is 13.7. The molecule has 1 amide bonds. The third-order valence-corrected chi connectivity index (χ3v) is 3.51. The normalized spacial score (nSPS) is 12.6. The highest BCUT2D eigenvalue weighted by Crippen LogP contribution is 2.18. The first-order valence-corrected chi connectivity index (χ1v) is 7.08. The monoisotopic (exact) mass is 335 g/mol. The lowest BCUT2D eigenvalue weighted by molar-refractivity contribution is 0.0935. The molecule has 0 aliphatic heterocycles. The molecular weight excluding hydrogens is 321 g/mol. The van der Waals surface area contributed by atoms with Gasteiger partial charge in [0.05, 0.1) is 5.56 Å². The van der Waals surface area contributed by atoms with Gasteiger partial charge in [-0.1, -0.05) is 13.8 Å². The lowest BCUT2D eigenvalue weighted by atomic mass is 10.0. The fourth-order valence-corrected chi connectivity index (χ4v) is 2.29. The van der Waals surface area contributed by atoms with Crippen molar-refractivity contribution in [1.29, 1.82) is 0 Å². The van der Waals surface area contributed by atoms with E-state index in [1.165, 1.54) is 18.2 Å². The van der Waals surface area contributed by atoms with Gasteiger partial charge < -0.3 is 5.32 Å². The number of benzene rings is 1. The van der Waals surface area contributed by atoms with Crippen LogP contribution in [0.5, 0.6) is 0 Å². The van der Waals surface area contributed by atoms with Gasteiger partial charge in [0.1, 0.15) is 5.82 Å². The summed E-state index contributed by atoms with van der Waals surface area (Å²) in [5, 5.41) is 2.81. The Morgan fingerprint density at radius 2 is 2.17 bits per heavy atom. The van der Waals surface area contributed by atoms with E-state index in [-0.39, 0.29) is 17.5 Å². The fraction of sp³-hybridized carbons (Fsp3) is 0.462. The quantitative estimate of drug-likeness (QED) is 0.810. The number of hydrogen-bond acceptors (Lipinski definition) is 1. The lowest BCUT2D eigenvalue weighted by Crippen LogP contribution is -2.37. The highest BCUT2D eigenvalue weighted by molar-refractivity contribution is 9.10. The van der Waals surface area contributed by atoms with E-state index in [0.717, 1.165) is 6.42 Å². The van der Waals surface area contributed by atoms with Crippen LogP contribution in [0.3, 0.4) is 0 Å². The Labute approximate surface area is 120 Å². The Hall–Kier alpha value is -0.610. The van der Waals surface area contributed by atoms with Crippen LogP contribution in [0, 0.1) is 11.7 Å². The Bertz CT molecular complexity index is 425. The number of nitrogens with one attached hydrogen (secondary N) is 1. The van der Waals surface area contributed by atoms with Crippen molar-refractivity contribution in [2.24, 2.45) is 5.92 Å². The number of carbonyl (C=O) groups is 1. The van der Waals surface area contributed by atoms with Crippen LogP contribution in [-0.2, 0) is 0 Å². The second-order valence-electron chi connectivity index (χ2n) is 4.58. The molecule has 0 aliphatic carbocycles. The van der Waals surface area contributed by atoms with Crippen LogP contribution in [0.2, 0.25) is 0 Å². The van der Waals surface area contributed by atoms with Crippen molar-refractivity contribution in [3.63, 3.8) is 0 Å². The molecule has 0 fully saturated rings. The van der Waals surface area contributed by atoms with Crippen molar-refractivity contribution in [3.05, 3.63) is 34.1 Å². The predicted octanol–water partition coefficient (Wildman–Crippen LogP) is 3.97. The summed E-state index contributed by atoms with van der Waals surface area (Å²) in [5.74, 6) is 0.0314. The fourth-order valence-electron chi connectivity index (χ4n) is 1.66. The van der Waals surface area contributed by atoms with Gasteiger partial charge in [-0.25, -0.2) is 4.39 Å². The molecular formula is C13H16BrClFNO. The predicted molar refractivity (Wildman–Crippen MR) is 75.5 cm³/mol. The van der Waals surface area contributed by atoms with Crippen molar-refractivity contribution in [3.8, 4) is 0 Å². The molecule has 1 rings (SSSR count). The molecule has 0 saturated heterocycles. The zero-order valence-electron chi connectivity index (χ0n) is 10.3. The average molecular weight is 337 g/mol. The van der Waals surface area contributed by atoms with E-state index in [4.69, 9.17) is 11.6 Å². The van der Waals surface area contributed by atoms with E-state index in [2.05, 4.69) is 35.1 Å². The standard InChI is InChI=1S/C13H16BrClFNO/c1-8(2)5-10(7-15)17-13(18)11-6-9(16)3-4-12(11)14/h3-4,6,8,10H,5,7H2,1-2H3,(H,17,18). The Kier molecular flexibility index (Phi) is 6.09. The molecule has 1 unspecified atom stereocenters. The molecule has 1 N–H and O–H groups in total. The maximum atomic E-state index is 13.1. The van der Waals surface area contributed by atoms with Crippen LogP contribution >= 0.6 is 27.5 Å². The van der Waals surface area contributed by atoms with Crippen LogP contribution in [0.25, 0.3) is 0 Å². The van der Waals surface area contributed by atoms with E-state index in [9.17, 15) is 9.18 Å². The largest absolute Gasteiger partial charge is 0.348 e. The van der Waals surface area contributed by atoms with Crippen molar-refractivity contribution in [2.45, 2.75) is 26.3 Å².